The smallest absolute Gasteiger partial charge is 0.348 e. The van der Waals surface area contributed by atoms with Crippen LogP contribution in [0.15, 0.2) is 29.1 Å². The molecule has 0 spiro atoms. The molecule has 34 heavy (non-hydrogen) atoms. The van der Waals surface area contributed by atoms with E-state index in [1.54, 1.807) is 24.1 Å². The number of likely N-dealkylation sites (N-methyl/N-ethyl adjacent to an activating group) is 1. The molecule has 3 rings (SSSR count). The van der Waals surface area contributed by atoms with Gasteiger partial charge in [-0.05, 0) is 30.7 Å². The molecule has 1 aliphatic rings. The van der Waals surface area contributed by atoms with Crippen molar-refractivity contribution in [2.24, 2.45) is 0 Å². The summed E-state index contributed by atoms with van der Waals surface area (Å²) in [6.45, 7) is 0.976. The number of aromatic nitrogens is 2. The van der Waals surface area contributed by atoms with E-state index in [0.717, 1.165) is 0 Å². The maximum absolute atomic E-state index is 12.4. The Morgan fingerprint density at radius 1 is 1.35 bits per heavy atom. The van der Waals surface area contributed by atoms with Crippen LogP contribution in [0.5, 0.6) is 0 Å². The number of carboxylic acid groups (broad SMARTS) is 1. The molecule has 0 saturated carbocycles. The van der Waals surface area contributed by atoms with Crippen LogP contribution in [0.4, 0.5) is 27.7 Å². The molecule has 1 aliphatic heterocycles. The quantitative estimate of drug-likeness (QED) is 0.287. The first-order chi connectivity index (χ1) is 16.2. The zero-order valence-corrected chi connectivity index (χ0v) is 18.1. The van der Waals surface area contributed by atoms with Crippen LogP contribution in [0.3, 0.4) is 0 Å². The fourth-order valence-corrected chi connectivity index (χ4v) is 3.45. The molecule has 14 heteroatoms. The lowest BCUT2D eigenvalue weighted by Gasteiger charge is -2.35. The molecule has 0 fully saturated rings. The van der Waals surface area contributed by atoms with Gasteiger partial charge in [0.1, 0.15) is 11.7 Å². The number of aromatic amines is 1. The van der Waals surface area contributed by atoms with Gasteiger partial charge in [-0.15, -0.1) is 0 Å². The first-order valence-corrected chi connectivity index (χ1v) is 10.2. The van der Waals surface area contributed by atoms with E-state index >= 15 is 0 Å². The number of nitrogens with two attached hydrogens (primary N) is 1. The summed E-state index contributed by atoms with van der Waals surface area (Å²) < 4.78 is 11.8. The molecule has 0 radical (unpaired) electrons. The van der Waals surface area contributed by atoms with Crippen LogP contribution in [0.25, 0.3) is 0 Å². The van der Waals surface area contributed by atoms with Crippen molar-refractivity contribution in [1.29, 1.82) is 0 Å². The maximum Gasteiger partial charge on any atom is 0.348 e. The number of carbonyl (C=O) groups excluding carboxylic acids is 2. The molecule has 7 N–H and O–H groups in total. The number of anilines is 4. The first kappa shape index (κ1) is 24.3. The molecule has 0 bridgehead atoms. The van der Waals surface area contributed by atoms with E-state index in [-0.39, 0.29) is 29.5 Å². The van der Waals surface area contributed by atoms with E-state index in [1.807, 2.05) is 0 Å². The number of hydrogen-bond donors (Lipinski definition) is 6. The van der Waals surface area contributed by atoms with Gasteiger partial charge in [-0.25, -0.2) is 9.59 Å². The zero-order valence-electron chi connectivity index (χ0n) is 18.1. The molecular weight excluding hydrogens is 453 g/mol. The molecule has 1 amide bonds. The summed E-state index contributed by atoms with van der Waals surface area (Å²) in [7, 11) is 1.78. The summed E-state index contributed by atoms with van der Waals surface area (Å²) in [6, 6.07) is 4.82. The number of amides is 1. The van der Waals surface area contributed by atoms with Gasteiger partial charge in [0.25, 0.3) is 11.5 Å². The highest BCUT2D eigenvalue weighted by atomic mass is 19.3. The zero-order chi connectivity index (χ0) is 24.8. The van der Waals surface area contributed by atoms with Crippen molar-refractivity contribution in [2.45, 2.75) is 24.9 Å². The van der Waals surface area contributed by atoms with Crippen molar-refractivity contribution >= 4 is 41.0 Å². The van der Waals surface area contributed by atoms with Crippen molar-refractivity contribution in [3.8, 4) is 0 Å². The average molecular weight is 477 g/mol. The van der Waals surface area contributed by atoms with Crippen LogP contribution in [-0.4, -0.2) is 65.1 Å². The number of carbonyl (C=O) groups is 3. The summed E-state index contributed by atoms with van der Waals surface area (Å²) in [4.78, 5) is 58.1. The Bertz CT molecular complexity index is 1120. The van der Waals surface area contributed by atoms with Crippen LogP contribution < -0.4 is 32.1 Å². The van der Waals surface area contributed by atoms with Gasteiger partial charge in [-0.2, -0.15) is 4.98 Å². The van der Waals surface area contributed by atoms with Crippen molar-refractivity contribution in [3.63, 3.8) is 0 Å². The third kappa shape index (κ3) is 5.70. The van der Waals surface area contributed by atoms with Gasteiger partial charge in [-0.3, -0.25) is 19.5 Å². The van der Waals surface area contributed by atoms with E-state index in [0.29, 0.717) is 30.3 Å². The topological polar surface area (TPSA) is 192 Å². The van der Waals surface area contributed by atoms with Gasteiger partial charge in [0.05, 0.1) is 12.5 Å². The molecule has 1 aromatic heterocycles. The van der Waals surface area contributed by atoms with Gasteiger partial charge in [0.2, 0.25) is 5.95 Å². The number of fused-ring (bicyclic) bond motifs is 1. The van der Waals surface area contributed by atoms with Gasteiger partial charge in [-0.1, -0.05) is 0 Å². The number of nitrogens with zero attached hydrogens (tertiary/aromatic N) is 2. The first-order valence-electron chi connectivity index (χ1n) is 10.2. The fraction of sp³-hybridized carbons (Fsp3) is 0.350. The minimum absolute atomic E-state index is 0.0299. The highest BCUT2D eigenvalue weighted by Crippen LogP contribution is 2.25. The Morgan fingerprint density at radius 3 is 2.71 bits per heavy atom. The number of H-pyrrole nitrogens is 1. The molecule has 2 unspecified atom stereocenters. The number of aliphatic carboxylic acids is 1. The summed E-state index contributed by atoms with van der Waals surface area (Å²) in [5.74, 6) is -2.80. The Morgan fingerprint density at radius 2 is 2.06 bits per heavy atom. The van der Waals surface area contributed by atoms with Crippen molar-refractivity contribution in [1.82, 2.24) is 15.3 Å². The Balaban J connectivity index is 1.57. The summed E-state index contributed by atoms with van der Waals surface area (Å²) in [5, 5.41) is 17.8. The lowest BCUT2D eigenvalue weighted by atomic mass is 10.1. The molecule has 2 aromatic rings. The highest BCUT2D eigenvalue weighted by molar-refractivity contribution is 5.97. The summed E-state index contributed by atoms with van der Waals surface area (Å²) >= 11 is 0. The standard InChI is InChI=1S/C20H24FN7O6/c1-28-12(9-24-16-15(28)18(31)27-20(22)26-16)8-23-11-4-2-10(3-5-11)17(30)25-13(19(32)33)6-7-14(29)34-21/h2-5,12-13,23H,6-9H2,1H3,(H,25,30)(H,32,33)(H4,22,24,26,27,31). The third-order valence-corrected chi connectivity index (χ3v) is 5.33. The highest BCUT2D eigenvalue weighted by Gasteiger charge is 2.27. The molecule has 182 valence electrons. The number of benzene rings is 1. The van der Waals surface area contributed by atoms with Crippen molar-refractivity contribution < 1.29 is 29.0 Å². The van der Waals surface area contributed by atoms with Gasteiger partial charge in [0, 0.05) is 35.9 Å². The Labute approximate surface area is 192 Å². The third-order valence-electron chi connectivity index (χ3n) is 5.33. The van der Waals surface area contributed by atoms with E-state index in [2.05, 4.69) is 30.9 Å². The number of hydrogen-bond acceptors (Lipinski definition) is 10. The van der Waals surface area contributed by atoms with Crippen LogP contribution in [-0.2, 0) is 14.5 Å². The lowest BCUT2D eigenvalue weighted by molar-refractivity contribution is -0.183. The van der Waals surface area contributed by atoms with Crippen LogP contribution in [0.1, 0.15) is 23.2 Å². The minimum atomic E-state index is -1.38. The molecule has 0 aliphatic carbocycles. The molecule has 1 aromatic carbocycles. The second kappa shape index (κ2) is 10.5. The van der Waals surface area contributed by atoms with Gasteiger partial charge < -0.3 is 31.7 Å². The van der Waals surface area contributed by atoms with Crippen LogP contribution in [0, 0.1) is 0 Å². The van der Waals surface area contributed by atoms with Crippen LogP contribution in [0.2, 0.25) is 0 Å². The normalized spacial score (nSPS) is 15.5. The molecule has 2 heterocycles. The fourth-order valence-electron chi connectivity index (χ4n) is 3.45. The SMILES string of the molecule is CN1c2c(nc(N)[nH]c2=O)NCC1CNc1ccc(C(=O)NC(CCC(=O)OF)C(=O)O)cc1. The van der Waals surface area contributed by atoms with Crippen molar-refractivity contribution in [2.75, 3.05) is 41.4 Å². The van der Waals surface area contributed by atoms with E-state index in [4.69, 9.17) is 5.73 Å². The molecule has 2 atom stereocenters. The predicted octanol–water partition coefficient (Wildman–Crippen LogP) is 0.0854. The van der Waals surface area contributed by atoms with Crippen LogP contribution >= 0.6 is 0 Å². The summed E-state index contributed by atoms with van der Waals surface area (Å²) in [5.41, 5.74) is 6.51. The molecular formula is C20H24FN7O6. The Kier molecular flexibility index (Phi) is 7.50. The minimum Gasteiger partial charge on any atom is -0.480 e. The Hall–Kier alpha value is -4.36. The number of rotatable bonds is 9. The van der Waals surface area contributed by atoms with E-state index in [1.165, 1.54) is 12.1 Å². The maximum atomic E-state index is 12.4. The average Bonchev–Trinajstić information content (AvgIpc) is 2.80. The largest absolute Gasteiger partial charge is 0.480 e. The molecule has 13 nitrogen and oxygen atoms in total. The number of nitrogens with one attached hydrogen (secondary N) is 4. The van der Waals surface area contributed by atoms with E-state index in [9.17, 15) is 28.8 Å². The lowest BCUT2D eigenvalue weighted by Crippen LogP contribution is -2.48. The number of halogens is 1. The predicted molar refractivity (Wildman–Crippen MR) is 120 cm³/mol. The van der Waals surface area contributed by atoms with Crippen molar-refractivity contribution in [3.05, 3.63) is 40.2 Å². The second-order valence-corrected chi connectivity index (χ2v) is 7.60. The molecule has 0 saturated heterocycles. The number of carboxylic acids is 1. The van der Waals surface area contributed by atoms with E-state index < -0.39 is 30.3 Å². The second-order valence-electron chi connectivity index (χ2n) is 7.60. The van der Waals surface area contributed by atoms with Gasteiger partial charge in [0.15, 0.2) is 5.82 Å². The number of nitrogen functional groups attached to an aromatic ring is 1. The summed E-state index contributed by atoms with van der Waals surface area (Å²) in [6.07, 6.45) is -0.818. The van der Waals surface area contributed by atoms with Gasteiger partial charge >= 0.3 is 11.9 Å². The monoisotopic (exact) mass is 477 g/mol.